The first kappa shape index (κ1) is 32.5. The molecule has 0 radical (unpaired) electrons. The van der Waals surface area contributed by atoms with Crippen LogP contribution < -0.4 is 19.6 Å². The van der Waals surface area contributed by atoms with Crippen LogP contribution in [0, 0.1) is 7.14 Å². The van der Waals surface area contributed by atoms with Gasteiger partial charge in [0.15, 0.2) is 4.80 Å². The Bertz CT molecular complexity index is 2360. The average molecular weight is 875 g/mol. The fraction of sp³-hybridized carbons (Fsp3) is 0.103. The second-order valence-corrected chi connectivity index (χ2v) is 14.4. The summed E-state index contributed by atoms with van der Waals surface area (Å²) in [4.78, 5) is 33.3. The zero-order valence-electron chi connectivity index (χ0n) is 25.7. The van der Waals surface area contributed by atoms with Gasteiger partial charge in [-0.15, -0.1) is 0 Å². The maximum absolute atomic E-state index is 14.3. The number of rotatable bonds is 8. The van der Waals surface area contributed by atoms with Crippen LogP contribution in [0.15, 0.2) is 131 Å². The first-order valence-electron chi connectivity index (χ1n) is 15.3. The third kappa shape index (κ3) is 6.38. The van der Waals surface area contributed by atoms with Gasteiger partial charge in [-0.2, -0.15) is 0 Å². The number of halogens is 2. The molecule has 0 unspecified atom stereocenters. The zero-order chi connectivity index (χ0) is 33.2. The molecule has 0 saturated heterocycles. The Morgan fingerprint density at radius 1 is 0.896 bits per heavy atom. The number of benzene rings is 5. The van der Waals surface area contributed by atoms with Gasteiger partial charge in [-0.25, -0.2) is 9.79 Å². The van der Waals surface area contributed by atoms with Crippen LogP contribution in [-0.2, 0) is 16.1 Å². The smallest absolute Gasteiger partial charge is 0.338 e. The molecule has 0 fully saturated rings. The summed E-state index contributed by atoms with van der Waals surface area (Å²) in [7, 11) is 0. The molecule has 238 valence electrons. The third-order valence-electron chi connectivity index (χ3n) is 8.06. The Hall–Kier alpha value is -4.07. The van der Waals surface area contributed by atoms with Gasteiger partial charge in [-0.3, -0.25) is 9.36 Å². The van der Waals surface area contributed by atoms with Gasteiger partial charge in [0.2, 0.25) is 0 Å². The Balaban J connectivity index is 1.31. The number of aromatic nitrogens is 1. The lowest BCUT2D eigenvalue weighted by Crippen LogP contribution is -2.40. The molecule has 6 aromatic rings. The predicted molar refractivity (Wildman–Crippen MR) is 208 cm³/mol. The van der Waals surface area contributed by atoms with Crippen molar-refractivity contribution in [2.75, 3.05) is 6.61 Å². The summed E-state index contributed by atoms with van der Waals surface area (Å²) in [6, 6.07) is 37.0. The maximum atomic E-state index is 14.3. The molecule has 0 spiro atoms. The topological polar surface area (TPSA) is 69.9 Å². The molecule has 0 N–H and O–H groups in total. The fourth-order valence-corrected chi connectivity index (χ4v) is 9.04. The highest BCUT2D eigenvalue weighted by Crippen LogP contribution is 2.35. The molecule has 6 nitrogen and oxygen atoms in total. The van der Waals surface area contributed by atoms with Gasteiger partial charge in [-0.1, -0.05) is 114 Å². The standard InChI is InChI=1S/C39H28I2N2O4S/c1-2-46-38(45)33-34(26-13-5-3-6-14-26)42-39-43(35(33)27-15-7-4-8-16-27)37(44)32(48-39)22-24-20-30(40)36(31(41)21-24)47-23-28-18-11-17-25-12-9-10-19-29(25)28/h3-22,35H,2,23H2,1H3/b32-22-/t35-/m0/s1. The molecule has 0 bridgehead atoms. The number of carbonyl (C=O) groups excluding carboxylic acids is 1. The van der Waals surface area contributed by atoms with E-state index in [1.807, 2.05) is 91.0 Å². The number of fused-ring (bicyclic) bond motifs is 2. The van der Waals surface area contributed by atoms with Crippen molar-refractivity contribution in [1.82, 2.24) is 4.57 Å². The highest BCUT2D eigenvalue weighted by Gasteiger charge is 2.35. The first-order chi connectivity index (χ1) is 23.4. The van der Waals surface area contributed by atoms with E-state index in [-0.39, 0.29) is 12.2 Å². The average Bonchev–Trinajstić information content (AvgIpc) is 3.41. The minimum absolute atomic E-state index is 0.204. The molecule has 5 aromatic carbocycles. The summed E-state index contributed by atoms with van der Waals surface area (Å²) >= 11 is 5.89. The second-order valence-electron chi connectivity index (χ2n) is 11.1. The van der Waals surface area contributed by atoms with Crippen LogP contribution in [0.25, 0.3) is 22.5 Å². The fourth-order valence-electron chi connectivity index (χ4n) is 5.91. The minimum atomic E-state index is -0.705. The Kier molecular flexibility index (Phi) is 9.60. The summed E-state index contributed by atoms with van der Waals surface area (Å²) in [5.41, 5.74) is 4.20. The van der Waals surface area contributed by atoms with Crippen molar-refractivity contribution in [1.29, 1.82) is 0 Å². The number of ether oxygens (including phenoxy) is 2. The zero-order valence-corrected chi connectivity index (χ0v) is 30.9. The molecule has 9 heteroatoms. The van der Waals surface area contributed by atoms with Crippen LogP contribution in [0.5, 0.6) is 5.75 Å². The Labute approximate surface area is 308 Å². The van der Waals surface area contributed by atoms with E-state index in [9.17, 15) is 9.59 Å². The quantitative estimate of drug-likeness (QED) is 0.115. The first-order valence-corrected chi connectivity index (χ1v) is 18.3. The minimum Gasteiger partial charge on any atom is -0.487 e. The normalized spacial score (nSPS) is 14.5. The molecule has 7 rings (SSSR count). The third-order valence-corrected chi connectivity index (χ3v) is 10.6. The molecular formula is C39H28I2N2O4S. The van der Waals surface area contributed by atoms with Crippen LogP contribution in [0.3, 0.4) is 0 Å². The Morgan fingerprint density at radius 2 is 1.56 bits per heavy atom. The molecule has 0 saturated carbocycles. The van der Waals surface area contributed by atoms with Gasteiger partial charge < -0.3 is 9.47 Å². The van der Waals surface area contributed by atoms with Crippen LogP contribution in [0.2, 0.25) is 0 Å². The lowest BCUT2D eigenvalue weighted by Gasteiger charge is -2.25. The molecule has 1 atom stereocenters. The summed E-state index contributed by atoms with van der Waals surface area (Å²) in [6.45, 7) is 2.42. The van der Waals surface area contributed by atoms with Crippen molar-refractivity contribution in [2.45, 2.75) is 19.6 Å². The van der Waals surface area contributed by atoms with Gasteiger partial charge in [0, 0.05) is 5.56 Å². The SMILES string of the molecule is CCOC(=O)C1=C(c2ccccc2)N=c2s/c(=C\c3cc(I)c(OCc4cccc5ccccc45)c(I)c3)c(=O)n2[C@H]1c1ccccc1. The molecule has 2 heterocycles. The van der Waals surface area contributed by atoms with E-state index < -0.39 is 12.0 Å². The largest absolute Gasteiger partial charge is 0.487 e. The number of hydrogen-bond acceptors (Lipinski definition) is 6. The molecule has 1 aliphatic heterocycles. The van der Waals surface area contributed by atoms with Crippen molar-refractivity contribution >= 4 is 85.0 Å². The van der Waals surface area contributed by atoms with Gasteiger partial charge in [0.25, 0.3) is 5.56 Å². The summed E-state index contributed by atoms with van der Waals surface area (Å²) in [5.74, 6) is 0.310. The summed E-state index contributed by atoms with van der Waals surface area (Å²) in [6.07, 6.45) is 1.89. The monoisotopic (exact) mass is 874 g/mol. The lowest BCUT2D eigenvalue weighted by atomic mass is 9.93. The van der Waals surface area contributed by atoms with Gasteiger partial charge in [0.05, 0.1) is 35.6 Å². The van der Waals surface area contributed by atoms with Crippen molar-refractivity contribution in [2.24, 2.45) is 4.99 Å². The van der Waals surface area contributed by atoms with Crippen molar-refractivity contribution < 1.29 is 14.3 Å². The number of thiazole rings is 1. The summed E-state index contributed by atoms with van der Waals surface area (Å²) in [5, 5.41) is 2.35. The van der Waals surface area contributed by atoms with E-state index >= 15 is 0 Å². The lowest BCUT2D eigenvalue weighted by molar-refractivity contribution is -0.138. The van der Waals surface area contributed by atoms with Crippen LogP contribution in [0.4, 0.5) is 0 Å². The number of carbonyl (C=O) groups is 1. The van der Waals surface area contributed by atoms with Gasteiger partial charge >= 0.3 is 5.97 Å². The molecule has 1 aliphatic rings. The van der Waals surface area contributed by atoms with E-state index in [2.05, 4.69) is 75.5 Å². The van der Waals surface area contributed by atoms with Crippen LogP contribution >= 0.6 is 56.5 Å². The van der Waals surface area contributed by atoms with Crippen molar-refractivity contribution in [3.63, 3.8) is 0 Å². The highest BCUT2D eigenvalue weighted by atomic mass is 127. The van der Waals surface area contributed by atoms with E-state index in [1.165, 1.54) is 22.1 Å². The molecule has 0 amide bonds. The van der Waals surface area contributed by atoms with Crippen molar-refractivity contribution in [3.05, 3.63) is 170 Å². The number of hydrogen-bond donors (Lipinski definition) is 0. The molecule has 0 aliphatic carbocycles. The number of nitrogens with zero attached hydrogens (tertiary/aromatic N) is 2. The highest BCUT2D eigenvalue weighted by molar-refractivity contribution is 14.1. The van der Waals surface area contributed by atoms with E-state index in [0.29, 0.717) is 27.2 Å². The van der Waals surface area contributed by atoms with E-state index in [1.54, 1.807) is 11.5 Å². The second kappa shape index (κ2) is 14.2. The van der Waals surface area contributed by atoms with E-state index in [0.717, 1.165) is 35.1 Å². The number of esters is 1. The van der Waals surface area contributed by atoms with Crippen molar-refractivity contribution in [3.8, 4) is 5.75 Å². The maximum Gasteiger partial charge on any atom is 0.338 e. The Morgan fingerprint density at radius 3 is 2.29 bits per heavy atom. The van der Waals surface area contributed by atoms with Crippen LogP contribution in [-0.4, -0.2) is 17.1 Å². The molecular weight excluding hydrogens is 846 g/mol. The van der Waals surface area contributed by atoms with Crippen LogP contribution in [0.1, 0.15) is 35.2 Å². The van der Waals surface area contributed by atoms with Gasteiger partial charge in [-0.05, 0) is 97.8 Å². The summed E-state index contributed by atoms with van der Waals surface area (Å²) < 4.78 is 16.0. The van der Waals surface area contributed by atoms with Gasteiger partial charge in [0.1, 0.15) is 12.4 Å². The van der Waals surface area contributed by atoms with E-state index in [4.69, 9.17) is 14.5 Å². The molecule has 48 heavy (non-hydrogen) atoms. The predicted octanol–water partition coefficient (Wildman–Crippen LogP) is 7.88. The molecule has 1 aromatic heterocycles.